The zero-order chi connectivity index (χ0) is 12.8. The Morgan fingerprint density at radius 2 is 2.18 bits per heavy atom. The van der Waals surface area contributed by atoms with E-state index in [9.17, 15) is 4.79 Å². The van der Waals surface area contributed by atoms with E-state index in [1.54, 1.807) is 0 Å². The first-order valence-electron chi connectivity index (χ1n) is 5.76. The van der Waals surface area contributed by atoms with Crippen LogP contribution >= 0.6 is 0 Å². The van der Waals surface area contributed by atoms with Gasteiger partial charge in [0.05, 0.1) is 0 Å². The van der Waals surface area contributed by atoms with Crippen molar-refractivity contribution in [3.63, 3.8) is 0 Å². The van der Waals surface area contributed by atoms with Crippen LogP contribution in [0.25, 0.3) is 0 Å². The molecule has 0 aliphatic carbocycles. The largest absolute Gasteiger partial charge is 0.480 e. The number of carboxylic acids is 1. The minimum absolute atomic E-state index is 0.445. The lowest BCUT2D eigenvalue weighted by Gasteiger charge is -2.10. The zero-order valence-electron chi connectivity index (χ0n) is 10.4. The topological polar surface area (TPSA) is 75.3 Å². The van der Waals surface area contributed by atoms with Gasteiger partial charge in [-0.05, 0) is 37.9 Å². The predicted octanol–water partition coefficient (Wildman–Crippen LogP) is 1.20. The molecule has 1 aromatic rings. The van der Waals surface area contributed by atoms with E-state index in [0.29, 0.717) is 13.0 Å². The van der Waals surface area contributed by atoms with Crippen LogP contribution in [0.2, 0.25) is 0 Å². The maximum Gasteiger partial charge on any atom is 0.320 e. The van der Waals surface area contributed by atoms with Crippen LogP contribution in [0.15, 0.2) is 18.2 Å². The highest BCUT2D eigenvalue weighted by Gasteiger charge is 2.09. The third-order valence-corrected chi connectivity index (χ3v) is 2.77. The fourth-order valence-electron chi connectivity index (χ4n) is 1.59. The van der Waals surface area contributed by atoms with Crippen LogP contribution in [0.3, 0.4) is 0 Å². The molecule has 94 valence electrons. The molecule has 1 aromatic carbocycles. The lowest BCUT2D eigenvalue weighted by molar-refractivity contribution is -0.138. The van der Waals surface area contributed by atoms with Crippen molar-refractivity contribution in [2.45, 2.75) is 32.9 Å². The predicted molar refractivity (Wildman–Crippen MR) is 67.9 cm³/mol. The van der Waals surface area contributed by atoms with Gasteiger partial charge in [0.25, 0.3) is 0 Å². The van der Waals surface area contributed by atoms with Gasteiger partial charge in [0, 0.05) is 6.54 Å². The monoisotopic (exact) mass is 236 g/mol. The van der Waals surface area contributed by atoms with Crippen molar-refractivity contribution >= 4 is 5.97 Å². The van der Waals surface area contributed by atoms with Crippen molar-refractivity contribution in [3.8, 4) is 0 Å². The van der Waals surface area contributed by atoms with Crippen LogP contribution < -0.4 is 11.1 Å². The van der Waals surface area contributed by atoms with E-state index >= 15 is 0 Å². The molecule has 4 heteroatoms. The second kappa shape index (κ2) is 6.37. The summed E-state index contributed by atoms with van der Waals surface area (Å²) in [6, 6.07) is 5.54. The number of hydrogen-bond donors (Lipinski definition) is 3. The van der Waals surface area contributed by atoms with Gasteiger partial charge in [-0.25, -0.2) is 0 Å². The van der Waals surface area contributed by atoms with Gasteiger partial charge in [0.1, 0.15) is 6.04 Å². The SMILES string of the molecule is Cc1ccc(C)c(CNCCC(N)C(=O)O)c1. The molecule has 0 aliphatic rings. The van der Waals surface area contributed by atoms with E-state index in [0.717, 1.165) is 6.54 Å². The van der Waals surface area contributed by atoms with E-state index in [2.05, 4.69) is 37.4 Å². The molecule has 17 heavy (non-hydrogen) atoms. The summed E-state index contributed by atoms with van der Waals surface area (Å²) in [5.74, 6) is -0.946. The second-order valence-corrected chi connectivity index (χ2v) is 4.34. The summed E-state index contributed by atoms with van der Waals surface area (Å²) >= 11 is 0. The number of aryl methyl sites for hydroxylation is 2. The lowest BCUT2D eigenvalue weighted by atomic mass is 10.1. The standard InChI is InChI=1S/C13H20N2O2/c1-9-3-4-10(2)11(7-9)8-15-6-5-12(14)13(16)17/h3-4,7,12,15H,5-6,8,14H2,1-2H3,(H,16,17). The molecule has 0 bridgehead atoms. The molecular formula is C13H20N2O2. The molecule has 0 radical (unpaired) electrons. The van der Waals surface area contributed by atoms with E-state index in [4.69, 9.17) is 10.8 Å². The molecule has 1 unspecified atom stereocenters. The Balaban J connectivity index is 2.36. The van der Waals surface area contributed by atoms with Crippen molar-refractivity contribution < 1.29 is 9.90 Å². The van der Waals surface area contributed by atoms with E-state index in [1.165, 1.54) is 16.7 Å². The van der Waals surface area contributed by atoms with E-state index in [1.807, 2.05) is 0 Å². The Kier molecular flexibility index (Phi) is 5.12. The van der Waals surface area contributed by atoms with Gasteiger partial charge in [-0.3, -0.25) is 4.79 Å². The maximum atomic E-state index is 10.5. The van der Waals surface area contributed by atoms with Crippen LogP contribution in [-0.2, 0) is 11.3 Å². The van der Waals surface area contributed by atoms with E-state index in [-0.39, 0.29) is 0 Å². The van der Waals surface area contributed by atoms with Crippen LogP contribution in [-0.4, -0.2) is 23.7 Å². The van der Waals surface area contributed by atoms with Crippen LogP contribution in [0, 0.1) is 13.8 Å². The Morgan fingerprint density at radius 3 is 2.82 bits per heavy atom. The molecule has 4 N–H and O–H groups in total. The van der Waals surface area contributed by atoms with Gasteiger partial charge >= 0.3 is 5.97 Å². The molecule has 1 atom stereocenters. The highest BCUT2D eigenvalue weighted by Crippen LogP contribution is 2.10. The third kappa shape index (κ3) is 4.54. The second-order valence-electron chi connectivity index (χ2n) is 4.34. The van der Waals surface area contributed by atoms with Crippen LogP contribution in [0.4, 0.5) is 0 Å². The summed E-state index contributed by atoms with van der Waals surface area (Å²) in [6.07, 6.45) is 0.445. The fourth-order valence-corrected chi connectivity index (χ4v) is 1.59. The number of aliphatic carboxylic acids is 1. The van der Waals surface area contributed by atoms with Gasteiger partial charge in [-0.2, -0.15) is 0 Å². The number of nitrogens with two attached hydrogens (primary N) is 1. The van der Waals surface area contributed by atoms with Gasteiger partial charge in [-0.15, -0.1) is 0 Å². The fraction of sp³-hybridized carbons (Fsp3) is 0.462. The first-order chi connectivity index (χ1) is 8.00. The summed E-state index contributed by atoms with van der Waals surface area (Å²) in [6.45, 7) is 5.49. The molecular weight excluding hydrogens is 216 g/mol. The zero-order valence-corrected chi connectivity index (χ0v) is 10.4. The average Bonchev–Trinajstić information content (AvgIpc) is 2.28. The summed E-state index contributed by atoms with van der Waals surface area (Å²) in [4.78, 5) is 10.5. The number of benzene rings is 1. The number of nitrogens with one attached hydrogen (secondary N) is 1. The quantitative estimate of drug-likeness (QED) is 0.649. The summed E-state index contributed by atoms with van der Waals surface area (Å²) in [7, 11) is 0. The first kappa shape index (κ1) is 13.7. The van der Waals surface area contributed by atoms with Gasteiger partial charge in [0.15, 0.2) is 0 Å². The highest BCUT2D eigenvalue weighted by molar-refractivity contribution is 5.72. The maximum absolute atomic E-state index is 10.5. The molecule has 0 spiro atoms. The van der Waals surface area contributed by atoms with Gasteiger partial charge in [0.2, 0.25) is 0 Å². The van der Waals surface area contributed by atoms with Gasteiger partial charge in [-0.1, -0.05) is 23.8 Å². The molecule has 0 aromatic heterocycles. The highest BCUT2D eigenvalue weighted by atomic mass is 16.4. The Morgan fingerprint density at radius 1 is 1.47 bits per heavy atom. The van der Waals surface area contributed by atoms with Crippen LogP contribution in [0.5, 0.6) is 0 Å². The molecule has 0 heterocycles. The molecule has 1 rings (SSSR count). The summed E-state index contributed by atoms with van der Waals surface area (Å²) < 4.78 is 0. The van der Waals surface area contributed by atoms with Crippen LogP contribution in [0.1, 0.15) is 23.1 Å². The van der Waals surface area contributed by atoms with Crippen molar-refractivity contribution in [2.75, 3.05) is 6.54 Å². The first-order valence-corrected chi connectivity index (χ1v) is 5.76. The number of carbonyl (C=O) groups is 1. The molecule has 0 amide bonds. The van der Waals surface area contributed by atoms with E-state index < -0.39 is 12.0 Å². The Bertz CT molecular complexity index is 391. The minimum atomic E-state index is -0.946. The average molecular weight is 236 g/mol. The smallest absolute Gasteiger partial charge is 0.320 e. The van der Waals surface area contributed by atoms with Crippen molar-refractivity contribution in [2.24, 2.45) is 5.73 Å². The molecule has 0 aliphatic heterocycles. The molecule has 0 fully saturated rings. The molecule has 4 nitrogen and oxygen atoms in total. The normalized spacial score (nSPS) is 12.4. The molecule has 0 saturated carbocycles. The third-order valence-electron chi connectivity index (χ3n) is 2.77. The number of carboxylic acid groups (broad SMARTS) is 1. The van der Waals surface area contributed by atoms with Gasteiger partial charge < -0.3 is 16.2 Å². The number of rotatable bonds is 6. The number of hydrogen-bond acceptors (Lipinski definition) is 3. The molecule has 0 saturated heterocycles. The Hall–Kier alpha value is -1.39. The summed E-state index contributed by atoms with van der Waals surface area (Å²) in [5.41, 5.74) is 9.13. The van der Waals surface area contributed by atoms with Crippen molar-refractivity contribution in [3.05, 3.63) is 34.9 Å². The summed E-state index contributed by atoms with van der Waals surface area (Å²) in [5, 5.41) is 11.8. The lowest BCUT2D eigenvalue weighted by Crippen LogP contribution is -2.33. The van der Waals surface area contributed by atoms with Crippen molar-refractivity contribution in [1.29, 1.82) is 0 Å². The minimum Gasteiger partial charge on any atom is -0.480 e. The van der Waals surface area contributed by atoms with Crippen molar-refractivity contribution in [1.82, 2.24) is 5.32 Å². The Labute approximate surface area is 102 Å².